The normalized spacial score (nSPS) is 11.0. The van der Waals surface area contributed by atoms with E-state index in [-0.39, 0.29) is 0 Å². The third-order valence-corrected chi connectivity index (χ3v) is 5.73. The highest BCUT2D eigenvalue weighted by Crippen LogP contribution is 2.27. The van der Waals surface area contributed by atoms with Gasteiger partial charge in [0.15, 0.2) is 5.16 Å². The lowest BCUT2D eigenvalue weighted by Crippen LogP contribution is -1.99. The van der Waals surface area contributed by atoms with E-state index in [4.69, 9.17) is 9.26 Å². The first-order valence-corrected chi connectivity index (χ1v) is 10.2. The van der Waals surface area contributed by atoms with E-state index in [1.54, 1.807) is 36.5 Å². The van der Waals surface area contributed by atoms with Gasteiger partial charge < -0.3 is 9.26 Å². The number of benzene rings is 1. The lowest BCUT2D eigenvalue weighted by Gasteiger charge is -2.10. The van der Waals surface area contributed by atoms with Crippen molar-refractivity contribution in [3.63, 3.8) is 0 Å². The Hall–Kier alpha value is -2.65. The predicted octanol–water partition coefficient (Wildman–Crippen LogP) is 4.11. The van der Waals surface area contributed by atoms with E-state index in [0.29, 0.717) is 11.7 Å². The largest absolute Gasteiger partial charge is 0.495 e. The van der Waals surface area contributed by atoms with Gasteiger partial charge in [0.2, 0.25) is 11.7 Å². The van der Waals surface area contributed by atoms with Crippen LogP contribution in [0.15, 0.2) is 57.8 Å². The van der Waals surface area contributed by atoms with Crippen LogP contribution in [0.25, 0.3) is 16.4 Å². The number of thiophene rings is 1. The molecule has 0 fully saturated rings. The number of nitrogens with zero attached hydrogens (tertiary/aromatic N) is 5. The Morgan fingerprint density at radius 2 is 2.15 bits per heavy atom. The van der Waals surface area contributed by atoms with Crippen molar-refractivity contribution >= 4 is 23.1 Å². The molecule has 0 saturated carbocycles. The van der Waals surface area contributed by atoms with E-state index < -0.39 is 0 Å². The third kappa shape index (κ3) is 4.04. The maximum absolute atomic E-state index is 5.43. The molecule has 0 bridgehead atoms. The maximum atomic E-state index is 5.43. The molecule has 0 aliphatic rings. The molecule has 0 atom stereocenters. The molecule has 3 aromatic heterocycles. The highest BCUT2D eigenvalue weighted by atomic mass is 32.2. The number of methoxy groups -OCH3 is 1. The lowest BCUT2D eigenvalue weighted by molar-refractivity contribution is 0.378. The van der Waals surface area contributed by atoms with Gasteiger partial charge in [-0.25, -0.2) is 0 Å². The molecule has 4 rings (SSSR count). The summed E-state index contributed by atoms with van der Waals surface area (Å²) in [4.78, 5) is 5.47. The van der Waals surface area contributed by atoms with Crippen molar-refractivity contribution in [3.8, 4) is 22.1 Å². The summed E-state index contributed by atoms with van der Waals surface area (Å²) in [6.07, 6.45) is 3.33. The summed E-state index contributed by atoms with van der Waals surface area (Å²) < 4.78 is 12.7. The van der Waals surface area contributed by atoms with Gasteiger partial charge in [-0.2, -0.15) is 4.98 Å². The summed E-state index contributed by atoms with van der Waals surface area (Å²) in [5.41, 5.74) is 0.921. The molecule has 0 amide bonds. The van der Waals surface area contributed by atoms with Gasteiger partial charge >= 0.3 is 0 Å². The molecule has 138 valence electrons. The Labute approximate surface area is 164 Å². The van der Waals surface area contributed by atoms with E-state index in [1.165, 1.54) is 0 Å². The van der Waals surface area contributed by atoms with Crippen molar-refractivity contribution < 1.29 is 9.26 Å². The fourth-order valence-electron chi connectivity index (χ4n) is 2.57. The van der Waals surface area contributed by atoms with Gasteiger partial charge in [-0.1, -0.05) is 35.1 Å². The van der Waals surface area contributed by atoms with Gasteiger partial charge in [-0.15, -0.1) is 21.5 Å². The van der Waals surface area contributed by atoms with Crippen molar-refractivity contribution in [3.05, 3.63) is 54.0 Å². The Morgan fingerprint density at radius 3 is 3.00 bits per heavy atom. The summed E-state index contributed by atoms with van der Waals surface area (Å²) in [5, 5.41) is 15.1. The molecule has 27 heavy (non-hydrogen) atoms. The number of aromatic nitrogens is 5. The summed E-state index contributed by atoms with van der Waals surface area (Å²) >= 11 is 3.24. The van der Waals surface area contributed by atoms with Gasteiger partial charge in [-0.05, 0) is 30.0 Å². The van der Waals surface area contributed by atoms with Gasteiger partial charge in [0.25, 0.3) is 0 Å². The highest BCUT2D eigenvalue weighted by molar-refractivity contribution is 7.99. The first kappa shape index (κ1) is 17.7. The molecule has 0 spiro atoms. The zero-order valence-corrected chi connectivity index (χ0v) is 16.2. The first-order valence-electron chi connectivity index (χ1n) is 8.38. The minimum absolute atomic E-state index is 0.656. The molecule has 0 saturated heterocycles. The van der Waals surface area contributed by atoms with Gasteiger partial charge in [0, 0.05) is 12.2 Å². The van der Waals surface area contributed by atoms with Crippen LogP contribution in [-0.2, 0) is 6.42 Å². The average molecular weight is 400 g/mol. The molecular weight excluding hydrogens is 382 g/mol. The molecule has 3 heterocycles. The second kappa shape index (κ2) is 8.36. The van der Waals surface area contributed by atoms with Gasteiger partial charge in [-0.3, -0.25) is 4.57 Å². The predicted molar refractivity (Wildman–Crippen MR) is 105 cm³/mol. The standard InChI is InChI=1S/C18H17N5O2S2/c1-24-14-7-3-2-6-13(14)23-12-19-21-18(23)27-11-5-9-16-20-17(22-25-16)15-8-4-10-26-15/h2-4,6-8,10,12H,5,9,11H2,1H3. The van der Waals surface area contributed by atoms with Crippen LogP contribution >= 0.6 is 23.1 Å². The zero-order valence-electron chi connectivity index (χ0n) is 14.6. The van der Waals surface area contributed by atoms with E-state index in [9.17, 15) is 0 Å². The fourth-order valence-corrected chi connectivity index (χ4v) is 4.08. The van der Waals surface area contributed by atoms with E-state index >= 15 is 0 Å². The Kier molecular flexibility index (Phi) is 5.50. The number of rotatable bonds is 8. The van der Waals surface area contributed by atoms with Crippen LogP contribution < -0.4 is 4.74 Å². The van der Waals surface area contributed by atoms with Crippen LogP contribution in [0.3, 0.4) is 0 Å². The van der Waals surface area contributed by atoms with Crippen molar-refractivity contribution in [1.29, 1.82) is 0 Å². The molecule has 1 aromatic carbocycles. The average Bonchev–Trinajstić information content (AvgIpc) is 3.46. The van der Waals surface area contributed by atoms with Crippen molar-refractivity contribution in [2.75, 3.05) is 12.9 Å². The number of para-hydroxylation sites is 2. The van der Waals surface area contributed by atoms with Crippen LogP contribution in [0.5, 0.6) is 5.75 Å². The topological polar surface area (TPSA) is 78.9 Å². The van der Waals surface area contributed by atoms with Gasteiger partial charge in [0.05, 0.1) is 17.7 Å². The molecule has 0 aliphatic heterocycles. The molecule has 9 heteroatoms. The Morgan fingerprint density at radius 1 is 1.22 bits per heavy atom. The molecule has 0 N–H and O–H groups in total. The van der Waals surface area contributed by atoms with Crippen LogP contribution in [0.1, 0.15) is 12.3 Å². The Balaban J connectivity index is 1.35. The minimum atomic E-state index is 0.656. The first-order chi connectivity index (χ1) is 13.3. The third-order valence-electron chi connectivity index (χ3n) is 3.84. The molecule has 0 aliphatic carbocycles. The van der Waals surface area contributed by atoms with Crippen LogP contribution in [0.4, 0.5) is 0 Å². The van der Waals surface area contributed by atoms with E-state index in [0.717, 1.165) is 40.1 Å². The number of hydrogen-bond donors (Lipinski definition) is 0. The van der Waals surface area contributed by atoms with Crippen LogP contribution in [-0.4, -0.2) is 37.8 Å². The fraction of sp³-hybridized carbons (Fsp3) is 0.222. The summed E-state index contributed by atoms with van der Waals surface area (Å²) in [6.45, 7) is 0. The number of aryl methyl sites for hydroxylation is 1. The second-order valence-corrected chi connectivity index (χ2v) is 7.61. The molecule has 0 radical (unpaired) electrons. The quantitative estimate of drug-likeness (QED) is 0.326. The number of thioether (sulfide) groups is 1. The SMILES string of the molecule is COc1ccccc1-n1cnnc1SCCCc1nc(-c2cccs2)no1. The second-order valence-electron chi connectivity index (χ2n) is 5.60. The Bertz CT molecular complexity index is 997. The summed E-state index contributed by atoms with van der Waals surface area (Å²) in [5.74, 6) is 2.96. The molecule has 4 aromatic rings. The molecular formula is C18H17N5O2S2. The smallest absolute Gasteiger partial charge is 0.227 e. The molecule has 0 unspecified atom stereocenters. The minimum Gasteiger partial charge on any atom is -0.495 e. The molecule has 7 nitrogen and oxygen atoms in total. The van der Waals surface area contributed by atoms with E-state index in [2.05, 4.69) is 20.3 Å². The number of ether oxygens (including phenoxy) is 1. The summed E-state index contributed by atoms with van der Waals surface area (Å²) in [7, 11) is 1.66. The van der Waals surface area contributed by atoms with Crippen LogP contribution in [0.2, 0.25) is 0 Å². The van der Waals surface area contributed by atoms with Crippen molar-refractivity contribution in [2.45, 2.75) is 18.0 Å². The number of hydrogen-bond acceptors (Lipinski definition) is 8. The van der Waals surface area contributed by atoms with E-state index in [1.807, 2.05) is 46.3 Å². The lowest BCUT2D eigenvalue weighted by atomic mass is 10.3. The zero-order chi connectivity index (χ0) is 18.5. The van der Waals surface area contributed by atoms with Crippen molar-refractivity contribution in [1.82, 2.24) is 24.9 Å². The highest BCUT2D eigenvalue weighted by Gasteiger charge is 2.12. The van der Waals surface area contributed by atoms with Crippen LogP contribution in [0, 0.1) is 0 Å². The van der Waals surface area contributed by atoms with Gasteiger partial charge in [0.1, 0.15) is 12.1 Å². The summed E-state index contributed by atoms with van der Waals surface area (Å²) in [6, 6.07) is 11.8. The monoisotopic (exact) mass is 399 g/mol. The maximum Gasteiger partial charge on any atom is 0.227 e. The van der Waals surface area contributed by atoms with Crippen molar-refractivity contribution in [2.24, 2.45) is 0 Å².